The van der Waals surface area contributed by atoms with Crippen molar-refractivity contribution in [3.05, 3.63) is 60.0 Å². The number of rotatable bonds is 7. The molecular formula is C26H27ClN8O2. The Morgan fingerprint density at radius 3 is 2.54 bits per heavy atom. The van der Waals surface area contributed by atoms with Crippen LogP contribution < -0.4 is 20.3 Å². The summed E-state index contributed by atoms with van der Waals surface area (Å²) in [6.07, 6.45) is 5.23. The number of pyridine rings is 2. The molecule has 1 aromatic carbocycles. The van der Waals surface area contributed by atoms with E-state index in [0.717, 1.165) is 67.5 Å². The molecule has 0 unspecified atom stereocenters. The summed E-state index contributed by atoms with van der Waals surface area (Å²) in [5, 5.41) is 8.13. The zero-order chi connectivity index (χ0) is 25.2. The third-order valence-corrected chi connectivity index (χ3v) is 6.87. The monoisotopic (exact) mass is 518 g/mol. The van der Waals surface area contributed by atoms with Crippen molar-refractivity contribution >= 4 is 51.5 Å². The van der Waals surface area contributed by atoms with Crippen LogP contribution in [0.25, 0.3) is 10.9 Å². The number of piperazine rings is 1. The number of fused-ring (bicyclic) bond motifs is 1. The number of ether oxygens (including phenoxy) is 2. The maximum absolute atomic E-state index is 6.13. The van der Waals surface area contributed by atoms with Crippen LogP contribution in [0.2, 0.25) is 5.02 Å². The minimum absolute atomic E-state index is 0.440. The molecule has 0 bridgehead atoms. The SMILES string of the molecule is COc1cc(Nc2nccc(Nc3cnc4ccc(Cl)cc4c3)n2)cnc1N1CCN(C2COC2)CC1. The lowest BCUT2D eigenvalue weighted by Gasteiger charge is -2.43. The third kappa shape index (κ3) is 5.22. The van der Waals surface area contributed by atoms with Gasteiger partial charge in [-0.05, 0) is 30.3 Å². The van der Waals surface area contributed by atoms with Crippen molar-refractivity contribution < 1.29 is 9.47 Å². The van der Waals surface area contributed by atoms with Crippen LogP contribution in [0.3, 0.4) is 0 Å². The van der Waals surface area contributed by atoms with Crippen LogP contribution in [-0.4, -0.2) is 77.4 Å². The van der Waals surface area contributed by atoms with E-state index in [9.17, 15) is 0 Å². The molecule has 10 nitrogen and oxygen atoms in total. The molecule has 3 aromatic heterocycles. The number of benzene rings is 1. The maximum atomic E-state index is 6.13. The lowest BCUT2D eigenvalue weighted by molar-refractivity contribution is -0.0661. The number of halogens is 1. The van der Waals surface area contributed by atoms with Crippen LogP contribution in [-0.2, 0) is 4.74 Å². The number of methoxy groups -OCH3 is 1. The first-order valence-electron chi connectivity index (χ1n) is 12.2. The molecule has 11 heteroatoms. The van der Waals surface area contributed by atoms with Gasteiger partial charge in [0.1, 0.15) is 5.82 Å². The second-order valence-corrected chi connectivity index (χ2v) is 9.48. The van der Waals surface area contributed by atoms with Gasteiger partial charge in [-0.15, -0.1) is 0 Å². The van der Waals surface area contributed by atoms with Crippen LogP contribution in [0, 0.1) is 0 Å². The summed E-state index contributed by atoms with van der Waals surface area (Å²) in [7, 11) is 1.66. The van der Waals surface area contributed by atoms with E-state index in [1.165, 1.54) is 0 Å². The highest BCUT2D eigenvalue weighted by molar-refractivity contribution is 6.31. The largest absolute Gasteiger partial charge is 0.493 e. The summed E-state index contributed by atoms with van der Waals surface area (Å²) in [5.74, 6) is 2.63. The molecule has 2 N–H and O–H groups in total. The molecule has 2 aliphatic heterocycles. The highest BCUT2D eigenvalue weighted by Crippen LogP contribution is 2.31. The molecule has 0 aliphatic carbocycles. The number of aromatic nitrogens is 4. The Balaban J connectivity index is 1.14. The minimum atomic E-state index is 0.440. The lowest BCUT2D eigenvalue weighted by atomic mass is 10.2. The van der Waals surface area contributed by atoms with Crippen LogP contribution in [0.15, 0.2) is 55.0 Å². The lowest BCUT2D eigenvalue weighted by Crippen LogP contribution is -2.56. The molecule has 4 aromatic rings. The maximum Gasteiger partial charge on any atom is 0.229 e. The molecule has 6 rings (SSSR count). The highest BCUT2D eigenvalue weighted by Gasteiger charge is 2.30. The third-order valence-electron chi connectivity index (χ3n) is 6.63. The molecule has 2 saturated heterocycles. The van der Waals surface area contributed by atoms with Gasteiger partial charge in [0.2, 0.25) is 5.95 Å². The highest BCUT2D eigenvalue weighted by atomic mass is 35.5. The van der Waals surface area contributed by atoms with Crippen molar-refractivity contribution in [2.24, 2.45) is 0 Å². The first-order valence-corrected chi connectivity index (χ1v) is 12.6. The summed E-state index contributed by atoms with van der Waals surface area (Å²) in [5.41, 5.74) is 2.42. The van der Waals surface area contributed by atoms with Gasteiger partial charge in [0.15, 0.2) is 11.6 Å². The first-order chi connectivity index (χ1) is 18.1. The van der Waals surface area contributed by atoms with Gasteiger partial charge in [-0.1, -0.05) is 11.6 Å². The van der Waals surface area contributed by atoms with Crippen LogP contribution in [0.5, 0.6) is 5.75 Å². The standard InChI is InChI=1S/C26H27ClN8O2/c1-36-23-12-20(14-30-25(23)35-8-6-34(7-9-35)21-15-37-16-21)32-26-28-5-4-24(33-26)31-19-11-17-10-18(27)2-3-22(17)29-13-19/h2-5,10-14,21H,6-9,15-16H2,1H3,(H2,28,31,32,33). The molecule has 0 amide bonds. The molecule has 37 heavy (non-hydrogen) atoms. The summed E-state index contributed by atoms with van der Waals surface area (Å²) >= 11 is 6.13. The molecule has 2 aliphatic rings. The minimum Gasteiger partial charge on any atom is -0.493 e. The normalized spacial score (nSPS) is 16.4. The Labute approximate surface area is 219 Å². The van der Waals surface area contributed by atoms with E-state index in [0.29, 0.717) is 28.6 Å². The number of nitrogens with one attached hydrogen (secondary N) is 2. The molecule has 5 heterocycles. The van der Waals surface area contributed by atoms with Crippen molar-refractivity contribution in [1.29, 1.82) is 0 Å². The van der Waals surface area contributed by atoms with E-state index in [1.54, 1.807) is 31.8 Å². The Hall–Kier alpha value is -3.73. The number of hydrogen-bond donors (Lipinski definition) is 2. The van der Waals surface area contributed by atoms with Crippen molar-refractivity contribution in [3.63, 3.8) is 0 Å². The molecule has 0 atom stereocenters. The predicted octanol–water partition coefficient (Wildman–Crippen LogP) is 4.09. The Morgan fingerprint density at radius 2 is 1.76 bits per heavy atom. The van der Waals surface area contributed by atoms with E-state index in [2.05, 4.69) is 35.4 Å². The van der Waals surface area contributed by atoms with Gasteiger partial charge in [-0.3, -0.25) is 9.88 Å². The zero-order valence-corrected chi connectivity index (χ0v) is 21.1. The smallest absolute Gasteiger partial charge is 0.229 e. The summed E-state index contributed by atoms with van der Waals surface area (Å²) in [6, 6.07) is 11.9. The van der Waals surface area contributed by atoms with Crippen molar-refractivity contribution in [3.8, 4) is 5.75 Å². The molecular weight excluding hydrogens is 492 g/mol. The van der Waals surface area contributed by atoms with E-state index in [4.69, 9.17) is 26.1 Å². The van der Waals surface area contributed by atoms with Gasteiger partial charge in [0.05, 0.1) is 55.7 Å². The fourth-order valence-electron chi connectivity index (χ4n) is 4.56. The van der Waals surface area contributed by atoms with Gasteiger partial charge < -0.3 is 25.0 Å². The van der Waals surface area contributed by atoms with Gasteiger partial charge in [0, 0.05) is 48.9 Å². The molecule has 190 valence electrons. The molecule has 2 fully saturated rings. The predicted molar refractivity (Wildman–Crippen MR) is 145 cm³/mol. The Bertz CT molecular complexity index is 1410. The number of hydrogen-bond acceptors (Lipinski definition) is 10. The van der Waals surface area contributed by atoms with Crippen LogP contribution in [0.4, 0.5) is 29.0 Å². The quantitative estimate of drug-likeness (QED) is 0.372. The van der Waals surface area contributed by atoms with E-state index in [1.807, 2.05) is 30.3 Å². The Kier molecular flexibility index (Phi) is 6.60. The Morgan fingerprint density at radius 1 is 0.946 bits per heavy atom. The van der Waals surface area contributed by atoms with Crippen molar-refractivity contribution in [2.75, 3.05) is 62.0 Å². The second kappa shape index (κ2) is 10.3. The van der Waals surface area contributed by atoms with Crippen molar-refractivity contribution in [1.82, 2.24) is 24.8 Å². The van der Waals surface area contributed by atoms with E-state index in [-0.39, 0.29) is 0 Å². The second-order valence-electron chi connectivity index (χ2n) is 9.04. The summed E-state index contributed by atoms with van der Waals surface area (Å²) in [6.45, 7) is 5.47. The number of anilines is 5. The fourth-order valence-corrected chi connectivity index (χ4v) is 4.74. The van der Waals surface area contributed by atoms with Crippen LogP contribution in [0.1, 0.15) is 0 Å². The van der Waals surface area contributed by atoms with Crippen molar-refractivity contribution in [2.45, 2.75) is 6.04 Å². The molecule has 0 spiro atoms. The van der Waals surface area contributed by atoms with Gasteiger partial charge in [-0.2, -0.15) is 4.98 Å². The van der Waals surface area contributed by atoms with Gasteiger partial charge in [0.25, 0.3) is 0 Å². The first kappa shape index (κ1) is 23.7. The summed E-state index contributed by atoms with van der Waals surface area (Å²) in [4.78, 5) is 22.9. The fraction of sp³-hybridized carbons (Fsp3) is 0.308. The van der Waals surface area contributed by atoms with Gasteiger partial charge >= 0.3 is 0 Å². The summed E-state index contributed by atoms with van der Waals surface area (Å²) < 4.78 is 11.0. The molecule has 0 saturated carbocycles. The number of nitrogens with zero attached hydrogens (tertiary/aromatic N) is 6. The van der Waals surface area contributed by atoms with E-state index < -0.39 is 0 Å². The van der Waals surface area contributed by atoms with Crippen LogP contribution >= 0.6 is 11.6 Å². The zero-order valence-electron chi connectivity index (χ0n) is 20.4. The average molecular weight is 519 g/mol. The van der Waals surface area contributed by atoms with E-state index >= 15 is 0 Å². The topological polar surface area (TPSA) is 101 Å². The average Bonchev–Trinajstić information content (AvgIpc) is 2.88. The van der Waals surface area contributed by atoms with Gasteiger partial charge in [-0.25, -0.2) is 9.97 Å². The molecule has 0 radical (unpaired) electrons.